The molecule has 3 heterocycles. The number of rotatable bonds is 6. The molecule has 1 aromatic heterocycles. The highest BCUT2D eigenvalue weighted by Crippen LogP contribution is 2.35. The predicted octanol–water partition coefficient (Wildman–Crippen LogP) is 0.190. The van der Waals surface area contributed by atoms with Gasteiger partial charge in [-0.3, -0.25) is 23.5 Å². The van der Waals surface area contributed by atoms with E-state index in [4.69, 9.17) is 0 Å². The number of carbonyl (C=O) groups is 4. The van der Waals surface area contributed by atoms with Crippen molar-refractivity contribution in [3.8, 4) is 0 Å². The van der Waals surface area contributed by atoms with Gasteiger partial charge in [0.25, 0.3) is 5.91 Å². The number of nitrogens with zero attached hydrogens (tertiary/aromatic N) is 1. The molecule has 3 atom stereocenters. The molecule has 142 valence electrons. The van der Waals surface area contributed by atoms with Crippen molar-refractivity contribution >= 4 is 45.7 Å². The number of hydrogen-bond acceptors (Lipinski definition) is 6. The summed E-state index contributed by atoms with van der Waals surface area (Å²) in [6.07, 6.45) is 2.53. The lowest BCUT2D eigenvalue weighted by Crippen LogP contribution is -2.73. The van der Waals surface area contributed by atoms with E-state index >= 15 is 0 Å². The number of fused-ring (bicyclic) bond motifs is 1. The fraction of sp³-hybridized carbons (Fsp3) is 0.294. The van der Waals surface area contributed by atoms with Crippen molar-refractivity contribution in [2.45, 2.75) is 24.8 Å². The van der Waals surface area contributed by atoms with Crippen LogP contribution in [0.15, 0.2) is 40.9 Å². The first-order valence-electron chi connectivity index (χ1n) is 7.96. The van der Waals surface area contributed by atoms with E-state index in [1.54, 1.807) is 12.1 Å². The lowest BCUT2D eigenvalue weighted by atomic mass is 10.0. The highest BCUT2D eigenvalue weighted by Gasteiger charge is 2.56. The van der Waals surface area contributed by atoms with Gasteiger partial charge in [-0.25, -0.2) is 4.79 Å². The van der Waals surface area contributed by atoms with Gasteiger partial charge in [0.05, 0.1) is 23.0 Å². The van der Waals surface area contributed by atoms with Gasteiger partial charge >= 0.3 is 5.97 Å². The van der Waals surface area contributed by atoms with Crippen LogP contribution in [0.5, 0.6) is 0 Å². The number of allylic oxidation sites excluding steroid dienone is 2. The van der Waals surface area contributed by atoms with Crippen LogP contribution in [0.1, 0.15) is 11.8 Å². The molecule has 0 saturated carbocycles. The average Bonchev–Trinajstić information content (AvgIpc) is 3.09. The average molecular weight is 408 g/mol. The van der Waals surface area contributed by atoms with Gasteiger partial charge in [-0.2, -0.15) is 0 Å². The number of amides is 2. The van der Waals surface area contributed by atoms with Crippen LogP contribution < -0.4 is 5.32 Å². The van der Waals surface area contributed by atoms with Crippen LogP contribution >= 0.6 is 11.3 Å². The molecule has 2 unspecified atom stereocenters. The monoisotopic (exact) mass is 408 g/mol. The molecule has 0 bridgehead atoms. The smallest absolute Gasteiger partial charge is 0.352 e. The van der Waals surface area contributed by atoms with Crippen LogP contribution in [0.4, 0.5) is 0 Å². The topological polar surface area (TPSA) is 121 Å². The summed E-state index contributed by atoms with van der Waals surface area (Å²) in [6.45, 7) is 1.30. The van der Waals surface area contributed by atoms with Gasteiger partial charge in [0.1, 0.15) is 17.1 Å². The van der Waals surface area contributed by atoms with E-state index in [1.165, 1.54) is 30.4 Å². The number of thiophene rings is 1. The van der Waals surface area contributed by atoms with Gasteiger partial charge < -0.3 is 10.4 Å². The normalized spacial score (nSPS) is 24.6. The Morgan fingerprint density at radius 3 is 2.78 bits per heavy atom. The molecular formula is C17H16N2O6S2. The van der Waals surface area contributed by atoms with Crippen LogP contribution in [-0.2, 0) is 36.4 Å². The molecule has 1 saturated heterocycles. The van der Waals surface area contributed by atoms with Crippen LogP contribution in [0.25, 0.3) is 0 Å². The van der Waals surface area contributed by atoms with E-state index in [9.17, 15) is 28.5 Å². The standard InChI is InChI=1S/C17H16N2O6S2/c1-9(20)4-5-10-8-27(25)16-13(15(22)19(16)14(10)17(23)24)18-12(21)7-11-3-2-6-26-11/h2-6,13,16H,7-8H2,1H3,(H,18,21)(H,23,24)/t13?,16-,27?/m0/s1. The van der Waals surface area contributed by atoms with E-state index in [0.29, 0.717) is 0 Å². The van der Waals surface area contributed by atoms with Crippen LogP contribution in [-0.4, -0.2) is 55.0 Å². The van der Waals surface area contributed by atoms with E-state index in [0.717, 1.165) is 9.78 Å². The largest absolute Gasteiger partial charge is 0.477 e. The summed E-state index contributed by atoms with van der Waals surface area (Å²) in [6, 6.07) is 2.57. The molecule has 27 heavy (non-hydrogen) atoms. The minimum Gasteiger partial charge on any atom is -0.477 e. The number of nitrogens with one attached hydrogen (secondary N) is 1. The molecule has 0 aliphatic carbocycles. The van der Waals surface area contributed by atoms with E-state index in [-0.39, 0.29) is 29.2 Å². The minimum atomic E-state index is -1.61. The molecular weight excluding hydrogens is 392 g/mol. The summed E-state index contributed by atoms with van der Waals surface area (Å²) in [7, 11) is -1.61. The summed E-state index contributed by atoms with van der Waals surface area (Å²) in [5.74, 6) is -2.78. The second-order valence-corrected chi connectivity index (χ2v) is 8.61. The Kier molecular flexibility index (Phi) is 5.38. The Labute approximate surface area is 161 Å². The number of carboxylic acid groups (broad SMARTS) is 1. The van der Waals surface area contributed by atoms with Crippen molar-refractivity contribution in [2.24, 2.45) is 0 Å². The third-order valence-electron chi connectivity index (χ3n) is 4.11. The summed E-state index contributed by atoms with van der Waals surface area (Å²) in [4.78, 5) is 49.1. The second kappa shape index (κ2) is 7.57. The lowest BCUT2D eigenvalue weighted by Gasteiger charge is -2.48. The molecule has 8 nitrogen and oxygen atoms in total. The Morgan fingerprint density at radius 1 is 1.44 bits per heavy atom. The minimum absolute atomic E-state index is 0.0923. The van der Waals surface area contributed by atoms with E-state index in [1.807, 2.05) is 5.38 Å². The molecule has 0 radical (unpaired) electrons. The fourth-order valence-electron chi connectivity index (χ4n) is 2.95. The van der Waals surface area contributed by atoms with Crippen molar-refractivity contribution in [3.05, 3.63) is 45.8 Å². The first kappa shape index (κ1) is 19.2. The third-order valence-corrected chi connectivity index (χ3v) is 6.60. The molecule has 2 N–H and O–H groups in total. The third kappa shape index (κ3) is 3.76. The molecule has 2 aliphatic heterocycles. The molecule has 2 amide bonds. The van der Waals surface area contributed by atoms with E-state index < -0.39 is 40.0 Å². The highest BCUT2D eigenvalue weighted by atomic mass is 32.2. The molecule has 0 aromatic carbocycles. The summed E-state index contributed by atoms with van der Waals surface area (Å²) in [5.41, 5.74) is -0.158. The van der Waals surface area contributed by atoms with Gasteiger partial charge in [0.15, 0.2) is 5.78 Å². The molecule has 10 heteroatoms. The van der Waals surface area contributed by atoms with Crippen molar-refractivity contribution < 1.29 is 28.5 Å². The molecule has 1 aromatic rings. The van der Waals surface area contributed by atoms with Gasteiger partial charge in [-0.15, -0.1) is 11.3 Å². The predicted molar refractivity (Wildman–Crippen MR) is 98.1 cm³/mol. The zero-order chi connectivity index (χ0) is 19.7. The first-order valence-corrected chi connectivity index (χ1v) is 10.2. The molecule has 2 aliphatic rings. The van der Waals surface area contributed by atoms with Crippen molar-refractivity contribution in [2.75, 3.05) is 5.75 Å². The Balaban J connectivity index is 1.81. The van der Waals surface area contributed by atoms with Gasteiger partial charge in [-0.1, -0.05) is 12.1 Å². The Hall–Kier alpha value is -2.59. The fourth-order valence-corrected chi connectivity index (χ4v) is 5.29. The lowest BCUT2D eigenvalue weighted by molar-refractivity contribution is -0.150. The number of hydrogen-bond donors (Lipinski definition) is 2. The molecule has 1 fully saturated rings. The van der Waals surface area contributed by atoms with Crippen molar-refractivity contribution in [1.29, 1.82) is 0 Å². The quantitative estimate of drug-likeness (QED) is 0.512. The Bertz CT molecular complexity index is 903. The zero-order valence-corrected chi connectivity index (χ0v) is 15.8. The maximum absolute atomic E-state index is 12.6. The van der Waals surface area contributed by atoms with Crippen LogP contribution in [0, 0.1) is 0 Å². The maximum Gasteiger partial charge on any atom is 0.352 e. The first-order chi connectivity index (χ1) is 12.8. The Morgan fingerprint density at radius 2 is 2.19 bits per heavy atom. The van der Waals surface area contributed by atoms with Gasteiger partial charge in [0.2, 0.25) is 5.91 Å². The van der Waals surface area contributed by atoms with Crippen molar-refractivity contribution in [3.63, 3.8) is 0 Å². The highest BCUT2D eigenvalue weighted by molar-refractivity contribution is 7.86. The zero-order valence-electron chi connectivity index (χ0n) is 14.2. The van der Waals surface area contributed by atoms with Crippen molar-refractivity contribution in [1.82, 2.24) is 10.2 Å². The SMILES string of the molecule is CC(=O)C=CC1=C(C(=O)O)N2C(=O)C(NC(=O)Cc3cccs3)[C@@H]2S(=O)C1. The van der Waals surface area contributed by atoms with E-state index in [2.05, 4.69) is 5.32 Å². The second-order valence-electron chi connectivity index (χ2n) is 6.05. The van der Waals surface area contributed by atoms with Crippen LogP contribution in [0.3, 0.4) is 0 Å². The number of aliphatic carboxylic acids is 1. The molecule has 0 spiro atoms. The number of β-lactam (4-membered cyclic amide) rings is 1. The van der Waals surface area contributed by atoms with Gasteiger partial charge in [0, 0.05) is 4.88 Å². The summed E-state index contributed by atoms with van der Waals surface area (Å²) in [5, 5.41) is 12.9. The number of carbonyl (C=O) groups excluding carboxylic acids is 3. The molecule has 3 rings (SSSR count). The summed E-state index contributed by atoms with van der Waals surface area (Å²) < 4.78 is 12.6. The maximum atomic E-state index is 12.6. The van der Waals surface area contributed by atoms with Crippen LogP contribution in [0.2, 0.25) is 0 Å². The number of ketones is 1. The summed E-state index contributed by atoms with van der Waals surface area (Å²) >= 11 is 1.40. The number of carboxylic acids is 1. The van der Waals surface area contributed by atoms with Gasteiger partial charge in [-0.05, 0) is 30.0 Å².